The van der Waals surface area contributed by atoms with Crippen molar-refractivity contribution in [1.29, 1.82) is 0 Å². The Hall–Kier alpha value is -3.62. The fraction of sp³-hybridized carbons (Fsp3) is 0.520. The lowest BCUT2D eigenvalue weighted by Gasteiger charge is -2.46. The standard InChI is InChI=1S/C25H27F6N9/c1-12-33-18-4-3-17(34-23(18)39(12)11-19(28)29)20-15(27)10-40-21(20)22(32-2)36-24(37-40)35-16-5-6-38(9-14(16)26)13-7-25(30,31)8-13/h3-4,10,13-14,16,19H,5-9,11H2,1-2H3,(H2,32,35,36,37). The van der Waals surface area contributed by atoms with Gasteiger partial charge in [0.2, 0.25) is 5.95 Å². The van der Waals surface area contributed by atoms with Crippen LogP contribution in [0.25, 0.3) is 27.9 Å². The molecule has 1 aliphatic heterocycles. The molecule has 0 bridgehead atoms. The minimum Gasteiger partial charge on any atom is -0.371 e. The average molecular weight is 568 g/mol. The Morgan fingerprint density at radius 2 is 1.93 bits per heavy atom. The highest BCUT2D eigenvalue weighted by Crippen LogP contribution is 2.41. The third-order valence-corrected chi connectivity index (χ3v) is 7.65. The fourth-order valence-electron chi connectivity index (χ4n) is 5.62. The number of aromatic nitrogens is 6. The molecule has 1 aliphatic carbocycles. The second kappa shape index (κ2) is 9.78. The number of aryl methyl sites for hydroxylation is 1. The van der Waals surface area contributed by atoms with Crippen LogP contribution in [-0.2, 0) is 6.54 Å². The molecule has 0 amide bonds. The van der Waals surface area contributed by atoms with Crippen molar-refractivity contribution in [3.05, 3.63) is 30.0 Å². The summed E-state index contributed by atoms with van der Waals surface area (Å²) in [6.45, 7) is 1.48. The summed E-state index contributed by atoms with van der Waals surface area (Å²) >= 11 is 0. The topological polar surface area (TPSA) is 88.2 Å². The molecular weight excluding hydrogens is 540 g/mol. The molecule has 0 aromatic carbocycles. The van der Waals surface area contributed by atoms with E-state index < -0.39 is 36.9 Å². The minimum atomic E-state index is -2.67. The quantitative estimate of drug-likeness (QED) is 0.318. The number of fused-ring (bicyclic) bond motifs is 2. The lowest BCUT2D eigenvalue weighted by molar-refractivity contribution is -0.131. The molecule has 1 saturated heterocycles. The summed E-state index contributed by atoms with van der Waals surface area (Å²) in [5.74, 6) is -2.68. The summed E-state index contributed by atoms with van der Waals surface area (Å²) in [5.41, 5.74) is 1.10. The number of hydrogen-bond acceptors (Lipinski definition) is 7. The number of likely N-dealkylation sites (tertiary alicyclic amines) is 1. The van der Waals surface area contributed by atoms with Gasteiger partial charge in [0.25, 0.3) is 12.3 Å². The molecule has 0 radical (unpaired) electrons. The van der Waals surface area contributed by atoms with E-state index >= 15 is 8.78 Å². The maximum Gasteiger partial charge on any atom is 0.256 e. The number of piperidine rings is 1. The van der Waals surface area contributed by atoms with Crippen molar-refractivity contribution >= 4 is 28.4 Å². The van der Waals surface area contributed by atoms with Crippen molar-refractivity contribution in [2.45, 2.75) is 63.3 Å². The Morgan fingerprint density at radius 1 is 1.15 bits per heavy atom. The van der Waals surface area contributed by atoms with E-state index in [0.29, 0.717) is 24.3 Å². The van der Waals surface area contributed by atoms with Crippen LogP contribution >= 0.6 is 0 Å². The molecule has 40 heavy (non-hydrogen) atoms. The van der Waals surface area contributed by atoms with E-state index in [1.807, 2.05) is 0 Å². The predicted molar refractivity (Wildman–Crippen MR) is 136 cm³/mol. The molecule has 0 spiro atoms. The number of nitrogens with one attached hydrogen (secondary N) is 2. The van der Waals surface area contributed by atoms with Crippen LogP contribution in [0.2, 0.25) is 0 Å². The highest BCUT2D eigenvalue weighted by Gasteiger charge is 2.49. The second-order valence-electron chi connectivity index (χ2n) is 10.3. The normalized spacial score (nSPS) is 21.8. The second-order valence-corrected chi connectivity index (χ2v) is 10.3. The first-order chi connectivity index (χ1) is 19.0. The van der Waals surface area contributed by atoms with Crippen LogP contribution in [0.1, 0.15) is 25.1 Å². The van der Waals surface area contributed by atoms with Gasteiger partial charge in [-0.15, -0.1) is 5.10 Å². The summed E-state index contributed by atoms with van der Waals surface area (Å²) in [5, 5.41) is 10.2. The molecule has 2 aliphatic rings. The van der Waals surface area contributed by atoms with Gasteiger partial charge in [-0.2, -0.15) is 4.98 Å². The molecule has 4 aromatic heterocycles. The van der Waals surface area contributed by atoms with Crippen LogP contribution in [0.15, 0.2) is 18.3 Å². The van der Waals surface area contributed by atoms with Gasteiger partial charge >= 0.3 is 0 Å². The van der Waals surface area contributed by atoms with Crippen molar-refractivity contribution < 1.29 is 26.3 Å². The smallest absolute Gasteiger partial charge is 0.256 e. The summed E-state index contributed by atoms with van der Waals surface area (Å²) in [6, 6.07) is 2.17. The molecule has 1 saturated carbocycles. The molecule has 4 aromatic rings. The number of rotatable bonds is 7. The molecule has 9 nitrogen and oxygen atoms in total. The first kappa shape index (κ1) is 26.6. The van der Waals surface area contributed by atoms with E-state index in [4.69, 9.17) is 0 Å². The van der Waals surface area contributed by atoms with Crippen molar-refractivity contribution in [3.63, 3.8) is 0 Å². The first-order valence-electron chi connectivity index (χ1n) is 12.9. The van der Waals surface area contributed by atoms with Gasteiger partial charge in [-0.3, -0.25) is 4.90 Å². The zero-order chi connectivity index (χ0) is 28.3. The van der Waals surface area contributed by atoms with Gasteiger partial charge < -0.3 is 15.2 Å². The van der Waals surface area contributed by atoms with E-state index in [9.17, 15) is 17.6 Å². The zero-order valence-electron chi connectivity index (χ0n) is 21.7. The molecular formula is C25H27F6N9. The average Bonchev–Trinajstić information content (AvgIpc) is 3.37. The third-order valence-electron chi connectivity index (χ3n) is 7.65. The summed E-state index contributed by atoms with van der Waals surface area (Å²) in [4.78, 5) is 14.9. The van der Waals surface area contributed by atoms with Gasteiger partial charge in [0.15, 0.2) is 17.3 Å². The lowest BCUT2D eigenvalue weighted by Crippen LogP contribution is -2.57. The number of nitrogens with zero attached hydrogens (tertiary/aromatic N) is 7. The molecule has 214 valence electrons. The molecule has 2 N–H and O–H groups in total. The predicted octanol–water partition coefficient (Wildman–Crippen LogP) is 4.52. The first-order valence-corrected chi connectivity index (χ1v) is 12.9. The van der Waals surface area contributed by atoms with Gasteiger partial charge in [0.05, 0.1) is 30.0 Å². The number of pyridine rings is 1. The number of hydrogen-bond donors (Lipinski definition) is 2. The largest absolute Gasteiger partial charge is 0.371 e. The van der Waals surface area contributed by atoms with Crippen LogP contribution in [0.5, 0.6) is 0 Å². The Labute approximate surface area is 224 Å². The van der Waals surface area contributed by atoms with Gasteiger partial charge in [0, 0.05) is 39.0 Å². The number of alkyl halides is 5. The Kier molecular flexibility index (Phi) is 6.50. The van der Waals surface area contributed by atoms with Gasteiger partial charge in [-0.25, -0.2) is 40.8 Å². The highest BCUT2D eigenvalue weighted by molar-refractivity contribution is 5.89. The number of imidazole rings is 1. The van der Waals surface area contributed by atoms with Crippen molar-refractivity contribution in [2.24, 2.45) is 0 Å². The zero-order valence-corrected chi connectivity index (χ0v) is 21.7. The summed E-state index contributed by atoms with van der Waals surface area (Å²) < 4.78 is 85.8. The van der Waals surface area contributed by atoms with Crippen LogP contribution in [0.4, 0.5) is 38.1 Å². The molecule has 5 heterocycles. The Morgan fingerprint density at radius 3 is 2.60 bits per heavy atom. The highest BCUT2D eigenvalue weighted by atomic mass is 19.3. The van der Waals surface area contributed by atoms with E-state index in [-0.39, 0.29) is 59.6 Å². The molecule has 2 fully saturated rings. The maximum absolute atomic E-state index is 15.3. The van der Waals surface area contributed by atoms with Crippen molar-refractivity contribution in [3.8, 4) is 11.3 Å². The van der Waals surface area contributed by atoms with Crippen LogP contribution in [0, 0.1) is 12.7 Å². The van der Waals surface area contributed by atoms with Gasteiger partial charge in [0.1, 0.15) is 23.0 Å². The number of halogens is 6. The van der Waals surface area contributed by atoms with Crippen molar-refractivity contribution in [2.75, 3.05) is 30.8 Å². The monoisotopic (exact) mass is 567 g/mol. The maximum atomic E-state index is 15.3. The van der Waals surface area contributed by atoms with Crippen molar-refractivity contribution in [1.82, 2.24) is 34.0 Å². The Balaban J connectivity index is 1.29. The van der Waals surface area contributed by atoms with Crippen LogP contribution in [0.3, 0.4) is 0 Å². The fourth-order valence-corrected chi connectivity index (χ4v) is 5.62. The van der Waals surface area contributed by atoms with E-state index in [1.54, 1.807) is 31.0 Å². The Bertz CT molecular complexity index is 1560. The summed E-state index contributed by atoms with van der Waals surface area (Å²) in [7, 11) is 1.59. The van der Waals surface area contributed by atoms with Crippen LogP contribution in [-0.4, -0.2) is 84.8 Å². The van der Waals surface area contributed by atoms with E-state index in [2.05, 4.69) is 30.7 Å². The third kappa shape index (κ3) is 4.69. The lowest BCUT2D eigenvalue weighted by atomic mass is 9.85. The number of anilines is 2. The molecule has 15 heteroatoms. The van der Waals surface area contributed by atoms with E-state index in [0.717, 1.165) is 6.20 Å². The SMILES string of the molecule is CNc1nc(NC2CCN(C3CC(F)(F)C3)CC2F)nn2cc(F)c(-c3ccc4nc(C)n(CC(F)F)c4n3)c12. The molecule has 2 atom stereocenters. The molecule has 2 unspecified atom stereocenters. The van der Waals surface area contributed by atoms with Crippen LogP contribution < -0.4 is 10.6 Å². The van der Waals surface area contributed by atoms with Gasteiger partial charge in [-0.05, 0) is 25.5 Å². The molecule has 6 rings (SSSR count). The minimum absolute atomic E-state index is 0.0254. The van der Waals surface area contributed by atoms with Gasteiger partial charge in [-0.1, -0.05) is 0 Å². The summed E-state index contributed by atoms with van der Waals surface area (Å²) in [6.07, 6.45) is -2.96. The van der Waals surface area contributed by atoms with E-state index in [1.165, 1.54) is 9.08 Å².